The third-order valence-electron chi connectivity index (χ3n) is 1.75. The predicted molar refractivity (Wildman–Crippen MR) is 64.3 cm³/mol. The average Bonchev–Trinajstić information content (AvgIpc) is 2.47. The van der Waals surface area contributed by atoms with E-state index in [9.17, 15) is 4.79 Å². The Balaban J connectivity index is 2.39. The number of carbonyl (C=O) groups is 1. The van der Waals surface area contributed by atoms with Crippen LogP contribution in [0, 0.1) is 0 Å². The van der Waals surface area contributed by atoms with E-state index in [2.05, 4.69) is 0 Å². The molecule has 0 atom stereocenters. The number of thiocarbonyl (C=S) groups is 2. The van der Waals surface area contributed by atoms with E-state index in [1.165, 1.54) is 0 Å². The van der Waals surface area contributed by atoms with E-state index in [1.54, 1.807) is 18.7 Å². The summed E-state index contributed by atoms with van der Waals surface area (Å²) in [4.78, 5) is 13.5. The van der Waals surface area contributed by atoms with Crippen LogP contribution in [-0.2, 0) is 4.79 Å². The summed E-state index contributed by atoms with van der Waals surface area (Å²) in [6, 6.07) is 0. The van der Waals surface area contributed by atoms with E-state index in [1.807, 2.05) is 4.90 Å². The Labute approximate surface area is 93.1 Å². The van der Waals surface area contributed by atoms with Crippen LogP contribution < -0.4 is 0 Å². The van der Waals surface area contributed by atoms with Gasteiger partial charge in [0.1, 0.15) is 10.1 Å². The molecule has 2 nitrogen and oxygen atoms in total. The number of thioether (sulfide) groups is 1. The second-order valence-electron chi connectivity index (χ2n) is 2.86. The van der Waals surface area contributed by atoms with Crippen molar-refractivity contribution in [2.45, 2.75) is 19.8 Å². The van der Waals surface area contributed by atoms with Crippen LogP contribution in [0.1, 0.15) is 19.8 Å². The maximum atomic E-state index is 10.7. The molecular weight excluding hydrogens is 222 g/mol. The molecule has 0 amide bonds. The maximum Gasteiger partial charge on any atom is 0.141 e. The van der Waals surface area contributed by atoms with E-state index in [0.29, 0.717) is 12.8 Å². The van der Waals surface area contributed by atoms with Crippen molar-refractivity contribution in [2.75, 3.05) is 12.3 Å². The van der Waals surface area contributed by atoms with Gasteiger partial charge in [-0.3, -0.25) is 0 Å². The SMILES string of the molecule is CC(=O)CCC(=S)N1CCSC1=S. The van der Waals surface area contributed by atoms with Crippen LogP contribution in [0.25, 0.3) is 0 Å². The first-order chi connectivity index (χ1) is 6.11. The molecule has 0 unspecified atom stereocenters. The van der Waals surface area contributed by atoms with Gasteiger partial charge < -0.3 is 9.69 Å². The Morgan fingerprint density at radius 2 is 2.31 bits per heavy atom. The van der Waals surface area contributed by atoms with E-state index >= 15 is 0 Å². The molecule has 13 heavy (non-hydrogen) atoms. The molecule has 1 aliphatic rings. The van der Waals surface area contributed by atoms with Gasteiger partial charge >= 0.3 is 0 Å². The van der Waals surface area contributed by atoms with Crippen LogP contribution in [0.4, 0.5) is 0 Å². The summed E-state index contributed by atoms with van der Waals surface area (Å²) in [5, 5.41) is 0. The fourth-order valence-electron chi connectivity index (χ4n) is 1.04. The highest BCUT2D eigenvalue weighted by molar-refractivity contribution is 8.23. The van der Waals surface area contributed by atoms with Crippen LogP contribution in [0.15, 0.2) is 0 Å². The molecule has 0 aliphatic carbocycles. The zero-order chi connectivity index (χ0) is 9.84. The number of hydrogen-bond donors (Lipinski definition) is 0. The van der Waals surface area contributed by atoms with Crippen LogP contribution in [0.3, 0.4) is 0 Å². The minimum absolute atomic E-state index is 0.181. The fraction of sp³-hybridized carbons (Fsp3) is 0.625. The van der Waals surface area contributed by atoms with Crippen LogP contribution >= 0.6 is 36.2 Å². The molecule has 1 aliphatic heterocycles. The Kier molecular flexibility index (Phi) is 4.28. The first-order valence-electron chi connectivity index (χ1n) is 4.08. The lowest BCUT2D eigenvalue weighted by Crippen LogP contribution is -2.29. The molecule has 1 rings (SSSR count). The normalized spacial score (nSPS) is 16.4. The van der Waals surface area contributed by atoms with Crippen molar-refractivity contribution >= 4 is 51.3 Å². The molecule has 0 aromatic rings. The molecule has 1 saturated heterocycles. The van der Waals surface area contributed by atoms with Crippen LogP contribution in [0.2, 0.25) is 0 Å². The second-order valence-corrected chi connectivity index (χ2v) is 5.06. The lowest BCUT2D eigenvalue weighted by molar-refractivity contribution is -0.116. The summed E-state index contributed by atoms with van der Waals surface area (Å²) in [5.74, 6) is 1.19. The largest absolute Gasteiger partial charge is 0.321 e. The molecule has 5 heteroatoms. The van der Waals surface area contributed by atoms with Gasteiger partial charge in [-0.2, -0.15) is 0 Å². The van der Waals surface area contributed by atoms with Gasteiger partial charge in [0.15, 0.2) is 0 Å². The topological polar surface area (TPSA) is 20.3 Å². The number of hydrogen-bond acceptors (Lipinski definition) is 4. The quantitative estimate of drug-likeness (QED) is 0.693. The van der Waals surface area contributed by atoms with Crippen molar-refractivity contribution in [1.82, 2.24) is 4.90 Å². The molecule has 0 N–H and O–H groups in total. The summed E-state index contributed by atoms with van der Waals surface area (Å²) in [6.07, 6.45) is 1.19. The third kappa shape index (κ3) is 3.32. The first kappa shape index (κ1) is 11.1. The number of Topliss-reactive ketones (excluding diaryl/α,β-unsaturated/α-hetero) is 1. The molecule has 0 saturated carbocycles. The molecule has 0 spiro atoms. The number of rotatable bonds is 3. The summed E-state index contributed by atoms with van der Waals surface area (Å²) >= 11 is 11.9. The minimum atomic E-state index is 0.181. The zero-order valence-corrected chi connectivity index (χ0v) is 9.86. The van der Waals surface area contributed by atoms with Crippen molar-refractivity contribution in [3.63, 3.8) is 0 Å². The number of nitrogens with zero attached hydrogens (tertiary/aromatic N) is 1. The van der Waals surface area contributed by atoms with Crippen molar-refractivity contribution in [2.24, 2.45) is 0 Å². The predicted octanol–water partition coefficient (Wildman–Crippen LogP) is 2.02. The molecular formula is C8H11NOS3. The van der Waals surface area contributed by atoms with Gasteiger partial charge in [0.05, 0.1) is 4.99 Å². The fourth-order valence-corrected chi connectivity index (χ4v) is 2.70. The van der Waals surface area contributed by atoms with Gasteiger partial charge in [-0.05, 0) is 6.92 Å². The third-order valence-corrected chi connectivity index (χ3v) is 3.61. The summed E-state index contributed by atoms with van der Waals surface area (Å²) < 4.78 is 0.855. The Hall–Kier alpha value is -0.0000000000000000833. The summed E-state index contributed by atoms with van der Waals surface area (Å²) in [7, 11) is 0. The second kappa shape index (κ2) is 5.02. The highest BCUT2D eigenvalue weighted by atomic mass is 32.2. The molecule has 0 aromatic carbocycles. The smallest absolute Gasteiger partial charge is 0.141 e. The van der Waals surface area contributed by atoms with Crippen molar-refractivity contribution in [1.29, 1.82) is 0 Å². The maximum absolute atomic E-state index is 10.7. The van der Waals surface area contributed by atoms with Gasteiger partial charge in [0.2, 0.25) is 0 Å². The average molecular weight is 233 g/mol. The van der Waals surface area contributed by atoms with Gasteiger partial charge in [-0.25, -0.2) is 0 Å². The van der Waals surface area contributed by atoms with Crippen molar-refractivity contribution in [3.8, 4) is 0 Å². The zero-order valence-electron chi connectivity index (χ0n) is 7.41. The van der Waals surface area contributed by atoms with Crippen molar-refractivity contribution in [3.05, 3.63) is 0 Å². The van der Waals surface area contributed by atoms with Gasteiger partial charge in [0.25, 0.3) is 0 Å². The first-order valence-corrected chi connectivity index (χ1v) is 5.88. The van der Waals surface area contributed by atoms with Crippen molar-refractivity contribution < 1.29 is 4.79 Å². The number of ketones is 1. The van der Waals surface area contributed by atoms with Crippen LogP contribution in [-0.4, -0.2) is 32.3 Å². The van der Waals surface area contributed by atoms with Gasteiger partial charge in [-0.1, -0.05) is 36.2 Å². The monoisotopic (exact) mass is 233 g/mol. The molecule has 0 aromatic heterocycles. The molecule has 72 valence electrons. The molecule has 0 bridgehead atoms. The Morgan fingerprint density at radius 1 is 1.62 bits per heavy atom. The highest BCUT2D eigenvalue weighted by Crippen LogP contribution is 2.19. The van der Waals surface area contributed by atoms with Gasteiger partial charge in [0, 0.05) is 25.1 Å². The standard InChI is InChI=1S/C8H11NOS3/c1-6(10)2-3-7(11)9-4-5-13-8(9)12/h2-5H2,1H3. The molecule has 1 fully saturated rings. The Morgan fingerprint density at radius 3 is 2.77 bits per heavy atom. The number of carbonyl (C=O) groups excluding carboxylic acids is 1. The summed E-state index contributed by atoms with van der Waals surface area (Å²) in [5.41, 5.74) is 0. The van der Waals surface area contributed by atoms with E-state index in [4.69, 9.17) is 24.4 Å². The van der Waals surface area contributed by atoms with E-state index in [-0.39, 0.29) is 5.78 Å². The lowest BCUT2D eigenvalue weighted by atomic mass is 10.2. The molecule has 0 radical (unpaired) electrons. The van der Waals surface area contributed by atoms with Gasteiger partial charge in [-0.15, -0.1) is 0 Å². The minimum Gasteiger partial charge on any atom is -0.321 e. The van der Waals surface area contributed by atoms with E-state index in [0.717, 1.165) is 21.6 Å². The molecule has 1 heterocycles. The van der Waals surface area contributed by atoms with Crippen LogP contribution in [0.5, 0.6) is 0 Å². The lowest BCUT2D eigenvalue weighted by Gasteiger charge is -2.16. The van der Waals surface area contributed by atoms with E-state index < -0.39 is 0 Å². The summed E-state index contributed by atoms with van der Waals surface area (Å²) in [6.45, 7) is 2.49. The highest BCUT2D eigenvalue weighted by Gasteiger charge is 2.20. The Bertz CT molecular complexity index is 252.